The molecule has 0 spiro atoms. The summed E-state index contributed by atoms with van der Waals surface area (Å²) in [7, 11) is 3.63. The fraction of sp³-hybridized carbons (Fsp3) is 0.222. The summed E-state index contributed by atoms with van der Waals surface area (Å²) in [6, 6.07) is 17.4. The zero-order valence-corrected chi connectivity index (χ0v) is 16.3. The zero-order chi connectivity index (χ0) is 15.6. The molecule has 0 radical (unpaired) electrons. The van der Waals surface area contributed by atoms with Crippen LogP contribution < -0.4 is 0 Å². The summed E-state index contributed by atoms with van der Waals surface area (Å²) in [5.41, 5.74) is 2.90. The summed E-state index contributed by atoms with van der Waals surface area (Å²) >= 11 is 2.60. The molecule has 0 amide bonds. The molecule has 0 N–H and O–H groups in total. The van der Waals surface area contributed by atoms with Crippen molar-refractivity contribution in [2.45, 2.75) is 36.5 Å². The third kappa shape index (κ3) is 5.65. The molecule has 0 nitrogen and oxygen atoms in total. The van der Waals surface area contributed by atoms with E-state index in [1.54, 1.807) is 0 Å². The van der Waals surface area contributed by atoms with Gasteiger partial charge in [0.25, 0.3) is 0 Å². The summed E-state index contributed by atoms with van der Waals surface area (Å²) in [6.45, 7) is 4.43. The highest BCUT2D eigenvalue weighted by molar-refractivity contribution is 8.88. The van der Waals surface area contributed by atoms with E-state index in [0.29, 0.717) is 0 Å². The number of hydrogen-bond acceptors (Lipinski definition) is 2. The molecule has 0 saturated carbocycles. The highest BCUT2D eigenvalue weighted by Gasteiger charge is 1.95. The predicted octanol–water partition coefficient (Wildman–Crippen LogP) is 6.06. The molecule has 2 aromatic carbocycles. The lowest BCUT2D eigenvalue weighted by atomic mass is 10.2. The van der Waals surface area contributed by atoms with E-state index in [1.165, 1.54) is 43.6 Å². The van der Waals surface area contributed by atoms with Crippen LogP contribution in [0.1, 0.15) is 25.0 Å². The van der Waals surface area contributed by atoms with Crippen LogP contribution in [0.3, 0.4) is 0 Å². The Morgan fingerprint density at radius 3 is 1.55 bits per heavy atom. The molecule has 0 unspecified atom stereocenters. The first-order chi connectivity index (χ1) is 10.8. The van der Waals surface area contributed by atoms with Crippen LogP contribution in [0, 0.1) is 0 Å². The SMILES string of the molecule is CCc1ccccc1[SH]=CSSC=[SH]c1ccccc1CC. The van der Waals surface area contributed by atoms with Crippen LogP contribution in [0.15, 0.2) is 58.3 Å². The van der Waals surface area contributed by atoms with Gasteiger partial charge in [-0.25, -0.2) is 0 Å². The Morgan fingerprint density at radius 2 is 1.14 bits per heavy atom. The van der Waals surface area contributed by atoms with E-state index < -0.39 is 0 Å². The van der Waals surface area contributed by atoms with Crippen LogP contribution >= 0.6 is 44.3 Å². The van der Waals surface area contributed by atoms with E-state index in [4.69, 9.17) is 0 Å². The maximum absolute atomic E-state index is 2.27. The molecule has 118 valence electrons. The summed E-state index contributed by atoms with van der Waals surface area (Å²) in [5.74, 6) is 0. The minimum Gasteiger partial charge on any atom is -0.162 e. The lowest BCUT2D eigenvalue weighted by Gasteiger charge is -2.02. The van der Waals surface area contributed by atoms with Crippen molar-refractivity contribution in [3.8, 4) is 0 Å². The first-order valence-electron chi connectivity index (χ1n) is 7.38. The van der Waals surface area contributed by atoms with Crippen molar-refractivity contribution >= 4 is 53.7 Å². The third-order valence-corrected chi connectivity index (χ3v) is 8.22. The average Bonchev–Trinajstić information content (AvgIpc) is 2.58. The molecule has 0 heterocycles. The van der Waals surface area contributed by atoms with Crippen molar-refractivity contribution in [2.75, 3.05) is 0 Å². The van der Waals surface area contributed by atoms with Crippen LogP contribution in [0.4, 0.5) is 0 Å². The molecular formula is C18H22S4. The van der Waals surface area contributed by atoms with E-state index in [1.807, 2.05) is 21.6 Å². The topological polar surface area (TPSA) is 0 Å². The molecule has 0 bridgehead atoms. The molecule has 2 rings (SSSR count). The van der Waals surface area contributed by atoms with Crippen LogP contribution in [0.2, 0.25) is 0 Å². The van der Waals surface area contributed by atoms with Crippen molar-refractivity contribution in [2.24, 2.45) is 0 Å². The number of thiol groups is 2. The number of hydrogen-bond donors (Lipinski definition) is 2. The second-order valence-corrected chi connectivity index (χ2v) is 9.33. The summed E-state index contributed by atoms with van der Waals surface area (Å²) in [6.07, 6.45) is 2.21. The molecule has 0 aliphatic rings. The summed E-state index contributed by atoms with van der Waals surface area (Å²) in [5, 5.41) is 0. The average molecular weight is 367 g/mol. The van der Waals surface area contributed by atoms with Gasteiger partial charge < -0.3 is 0 Å². The number of rotatable bonds is 7. The monoisotopic (exact) mass is 366 g/mol. The molecule has 4 heteroatoms. The van der Waals surface area contributed by atoms with Crippen molar-refractivity contribution in [1.82, 2.24) is 0 Å². The van der Waals surface area contributed by atoms with Gasteiger partial charge in [-0.2, -0.15) is 22.7 Å². The highest BCUT2D eigenvalue weighted by atomic mass is 33.1. The second kappa shape index (κ2) is 10.4. The van der Waals surface area contributed by atoms with E-state index in [9.17, 15) is 0 Å². The van der Waals surface area contributed by atoms with Crippen LogP contribution in [-0.2, 0) is 12.8 Å². The van der Waals surface area contributed by atoms with Gasteiger partial charge in [0.1, 0.15) is 0 Å². The first-order valence-corrected chi connectivity index (χ1v) is 11.6. The number of benzene rings is 2. The van der Waals surface area contributed by atoms with Crippen LogP contribution in [-0.4, -0.2) is 9.40 Å². The molecular weight excluding hydrogens is 344 g/mol. The zero-order valence-electron chi connectivity index (χ0n) is 12.9. The van der Waals surface area contributed by atoms with E-state index in [-0.39, 0.29) is 0 Å². The van der Waals surface area contributed by atoms with Gasteiger partial charge in [-0.1, -0.05) is 71.8 Å². The standard InChI is InChI=1S/C18H22S4/c1-3-15-9-5-7-11-17(15)19-13-21-22-14-20-18-12-8-6-10-16(18)4-2/h5-14,19-20H,3-4H2,1-2H3. The Balaban J connectivity index is 1.86. The smallest absolute Gasteiger partial charge is 0.00720 e. The maximum Gasteiger partial charge on any atom is 0.00720 e. The van der Waals surface area contributed by atoms with E-state index >= 15 is 0 Å². The minimum atomic E-state index is 1.10. The summed E-state index contributed by atoms with van der Waals surface area (Å²) < 4.78 is 4.55. The Labute approximate surface area is 149 Å². The largest absolute Gasteiger partial charge is 0.162 e. The van der Waals surface area contributed by atoms with Crippen molar-refractivity contribution in [1.29, 1.82) is 0 Å². The quantitative estimate of drug-likeness (QED) is 0.264. The molecule has 22 heavy (non-hydrogen) atoms. The number of aryl methyl sites for hydroxylation is 2. The fourth-order valence-corrected chi connectivity index (χ4v) is 6.54. The molecule has 0 atom stereocenters. The van der Waals surface area contributed by atoms with Gasteiger partial charge in [0.2, 0.25) is 0 Å². The molecule has 2 aromatic rings. The Kier molecular flexibility index (Phi) is 8.45. The third-order valence-electron chi connectivity index (χ3n) is 3.27. The molecule has 0 aromatic heterocycles. The van der Waals surface area contributed by atoms with Crippen LogP contribution in [0.5, 0.6) is 0 Å². The Bertz CT molecular complexity index is 590. The molecule has 0 aliphatic carbocycles. The summed E-state index contributed by atoms with van der Waals surface area (Å²) in [4.78, 5) is 2.85. The van der Waals surface area contributed by atoms with E-state index in [0.717, 1.165) is 12.8 Å². The molecule has 0 fully saturated rings. The van der Waals surface area contributed by atoms with E-state index in [2.05, 4.69) is 71.8 Å². The highest BCUT2D eigenvalue weighted by Crippen LogP contribution is 2.25. The lowest BCUT2D eigenvalue weighted by molar-refractivity contribution is 1.08. The van der Waals surface area contributed by atoms with Crippen molar-refractivity contribution in [3.05, 3.63) is 59.7 Å². The van der Waals surface area contributed by atoms with Gasteiger partial charge >= 0.3 is 0 Å². The second-order valence-electron chi connectivity index (χ2n) is 4.63. The van der Waals surface area contributed by atoms with Gasteiger partial charge in [-0.3, -0.25) is 0 Å². The normalized spacial score (nSPS) is 12.3. The maximum atomic E-state index is 2.27. The van der Waals surface area contributed by atoms with Gasteiger partial charge in [0.15, 0.2) is 0 Å². The van der Waals surface area contributed by atoms with Gasteiger partial charge in [0.05, 0.1) is 0 Å². The van der Waals surface area contributed by atoms with Crippen molar-refractivity contribution in [3.63, 3.8) is 0 Å². The Hall–Kier alpha value is -0.420. The van der Waals surface area contributed by atoms with Crippen molar-refractivity contribution < 1.29 is 0 Å². The van der Waals surface area contributed by atoms with Gasteiger partial charge in [0, 0.05) is 19.2 Å². The Morgan fingerprint density at radius 1 is 0.727 bits per heavy atom. The van der Waals surface area contributed by atoms with Gasteiger partial charge in [-0.05, 0) is 36.1 Å². The molecule has 0 aliphatic heterocycles. The minimum absolute atomic E-state index is 1.10. The fourth-order valence-electron chi connectivity index (χ4n) is 2.08. The lowest BCUT2D eigenvalue weighted by Crippen LogP contribution is -1.81. The van der Waals surface area contributed by atoms with Crippen LogP contribution in [0.25, 0.3) is 0 Å². The first kappa shape index (κ1) is 17.9. The van der Waals surface area contributed by atoms with Gasteiger partial charge in [-0.15, -0.1) is 0 Å². The molecule has 0 saturated heterocycles. The predicted molar refractivity (Wildman–Crippen MR) is 113 cm³/mol.